The number of rotatable bonds is 5. The highest BCUT2D eigenvalue weighted by Gasteiger charge is 2.15. The van der Waals surface area contributed by atoms with Gasteiger partial charge < -0.3 is 4.74 Å². The fraction of sp³-hybridized carbons (Fsp3) is 0.364. The Balaban J connectivity index is 2.56. The van der Waals surface area contributed by atoms with E-state index in [1.54, 1.807) is 25.1 Å². The fourth-order valence-electron chi connectivity index (χ4n) is 1.11. The summed E-state index contributed by atoms with van der Waals surface area (Å²) in [5.41, 5.74) is 0.807. The lowest BCUT2D eigenvalue weighted by molar-refractivity contribution is -0.133. The summed E-state index contributed by atoms with van der Waals surface area (Å²) in [5.74, 6) is -0.235. The average molecular weight is 272 g/mol. The quantitative estimate of drug-likeness (QED) is 0.618. The molecule has 0 amide bonds. The molecule has 0 atom stereocenters. The van der Waals surface area contributed by atoms with Gasteiger partial charge in [-0.25, -0.2) is 0 Å². The Morgan fingerprint density at radius 1 is 1.33 bits per heavy atom. The number of carbonyl (C=O) groups is 1. The molecule has 100 valence electrons. The molecule has 1 aromatic carbocycles. The van der Waals surface area contributed by atoms with E-state index in [1.807, 2.05) is 6.07 Å². The first-order valence-corrected chi connectivity index (χ1v) is 6.70. The number of aryl methyl sites for hydroxylation is 1. The number of nitrogens with one attached hydrogen (secondary N) is 1. The van der Waals surface area contributed by atoms with Crippen LogP contribution < -0.4 is 9.46 Å². The van der Waals surface area contributed by atoms with Gasteiger partial charge in [-0.3, -0.25) is 4.79 Å². The van der Waals surface area contributed by atoms with Crippen molar-refractivity contribution in [1.82, 2.24) is 9.03 Å². The lowest BCUT2D eigenvalue weighted by Gasteiger charge is -2.12. The summed E-state index contributed by atoms with van der Waals surface area (Å²) in [4.78, 5) is 11.5. The number of hydrogen-bond donors (Lipinski definition) is 1. The molecule has 0 aliphatic rings. The third-order valence-corrected chi connectivity index (χ3v) is 3.67. The summed E-state index contributed by atoms with van der Waals surface area (Å²) >= 11 is 0. The van der Waals surface area contributed by atoms with Gasteiger partial charge in [0.25, 0.3) is 10.2 Å². The van der Waals surface area contributed by atoms with Crippen LogP contribution in [0.2, 0.25) is 0 Å². The van der Waals surface area contributed by atoms with Gasteiger partial charge in [0.2, 0.25) is 0 Å². The molecule has 0 saturated carbocycles. The van der Waals surface area contributed by atoms with Gasteiger partial charge in [0.15, 0.2) is 0 Å². The van der Waals surface area contributed by atoms with Crippen molar-refractivity contribution in [3.05, 3.63) is 29.8 Å². The highest BCUT2D eigenvalue weighted by atomic mass is 32.2. The average Bonchev–Trinajstić information content (AvgIpc) is 2.29. The van der Waals surface area contributed by atoms with E-state index in [2.05, 4.69) is 4.72 Å². The monoisotopic (exact) mass is 272 g/mol. The Morgan fingerprint density at radius 3 is 2.50 bits per heavy atom. The van der Waals surface area contributed by atoms with Gasteiger partial charge in [-0.05, 0) is 18.6 Å². The second-order valence-corrected chi connectivity index (χ2v) is 5.82. The molecule has 18 heavy (non-hydrogen) atoms. The van der Waals surface area contributed by atoms with Crippen LogP contribution in [0.3, 0.4) is 0 Å². The minimum Gasteiger partial charge on any atom is -0.425 e. The molecule has 0 aliphatic carbocycles. The first kappa shape index (κ1) is 14.6. The number of para-hydroxylation sites is 1. The van der Waals surface area contributed by atoms with Crippen molar-refractivity contribution in [1.29, 1.82) is 0 Å². The maximum absolute atomic E-state index is 11.5. The van der Waals surface area contributed by atoms with Crippen LogP contribution in [0.25, 0.3) is 0 Å². The molecular formula is C11H16N2O4S. The molecule has 6 nitrogen and oxygen atoms in total. The molecule has 1 rings (SSSR count). The number of benzene rings is 1. The van der Waals surface area contributed by atoms with Gasteiger partial charge >= 0.3 is 5.97 Å². The van der Waals surface area contributed by atoms with E-state index in [0.29, 0.717) is 5.75 Å². The summed E-state index contributed by atoms with van der Waals surface area (Å²) in [6.07, 6.45) is 0. The minimum absolute atomic E-state index is 0.408. The van der Waals surface area contributed by atoms with Crippen molar-refractivity contribution in [3.8, 4) is 5.75 Å². The maximum Gasteiger partial charge on any atom is 0.326 e. The standard InChI is InChI=1S/C11H16N2O4S/c1-9-6-4-5-7-10(9)17-11(14)8-12-18(15,16)13(2)3/h4-7,12H,8H2,1-3H3. The van der Waals surface area contributed by atoms with E-state index in [4.69, 9.17) is 4.74 Å². The largest absolute Gasteiger partial charge is 0.425 e. The van der Waals surface area contributed by atoms with Crippen LogP contribution in [0.5, 0.6) is 5.75 Å². The lowest BCUT2D eigenvalue weighted by Crippen LogP contribution is -2.39. The van der Waals surface area contributed by atoms with E-state index >= 15 is 0 Å². The fourth-order valence-corrected chi connectivity index (χ4v) is 1.67. The third-order valence-electron chi connectivity index (χ3n) is 2.20. The Morgan fingerprint density at radius 2 is 1.94 bits per heavy atom. The first-order valence-electron chi connectivity index (χ1n) is 5.26. The Labute approximate surface area is 107 Å². The van der Waals surface area contributed by atoms with Crippen molar-refractivity contribution in [2.45, 2.75) is 6.92 Å². The summed E-state index contributed by atoms with van der Waals surface area (Å²) in [6.45, 7) is 1.39. The highest BCUT2D eigenvalue weighted by Crippen LogP contribution is 2.15. The Kier molecular flexibility index (Phi) is 4.83. The van der Waals surface area contributed by atoms with Gasteiger partial charge in [0.1, 0.15) is 12.3 Å². The second-order valence-electron chi connectivity index (χ2n) is 3.85. The molecule has 0 spiro atoms. The number of hydrogen-bond acceptors (Lipinski definition) is 4. The zero-order chi connectivity index (χ0) is 13.8. The zero-order valence-corrected chi connectivity index (χ0v) is 11.3. The van der Waals surface area contributed by atoms with Gasteiger partial charge in [0, 0.05) is 14.1 Å². The third kappa shape index (κ3) is 4.10. The summed E-state index contributed by atoms with van der Waals surface area (Å²) in [5, 5.41) is 0. The van der Waals surface area contributed by atoms with Gasteiger partial charge in [-0.2, -0.15) is 17.4 Å². The molecule has 0 aromatic heterocycles. The predicted molar refractivity (Wildman–Crippen MR) is 67.4 cm³/mol. The number of carbonyl (C=O) groups excluding carboxylic acids is 1. The van der Waals surface area contributed by atoms with Crippen LogP contribution in [0.15, 0.2) is 24.3 Å². The molecule has 0 unspecified atom stereocenters. The molecule has 0 heterocycles. The topological polar surface area (TPSA) is 75.7 Å². The molecule has 1 aromatic rings. The second kappa shape index (κ2) is 5.94. The molecule has 0 fully saturated rings. The first-order chi connectivity index (χ1) is 8.33. The van der Waals surface area contributed by atoms with E-state index in [-0.39, 0.29) is 0 Å². The number of ether oxygens (including phenoxy) is 1. The molecule has 0 bridgehead atoms. The van der Waals surface area contributed by atoms with Crippen molar-refractivity contribution >= 4 is 16.2 Å². The van der Waals surface area contributed by atoms with Crippen molar-refractivity contribution in [2.24, 2.45) is 0 Å². The van der Waals surface area contributed by atoms with Crippen molar-refractivity contribution < 1.29 is 17.9 Å². The van der Waals surface area contributed by atoms with Crippen molar-refractivity contribution in [2.75, 3.05) is 20.6 Å². The zero-order valence-electron chi connectivity index (χ0n) is 10.5. The summed E-state index contributed by atoms with van der Waals surface area (Å²) < 4.78 is 30.9. The summed E-state index contributed by atoms with van der Waals surface area (Å²) in [6, 6.07) is 7.00. The molecule has 7 heteroatoms. The molecule has 0 radical (unpaired) electrons. The normalized spacial score (nSPS) is 11.6. The predicted octanol–water partition coefficient (Wildman–Crippen LogP) is 0.296. The molecular weight excluding hydrogens is 256 g/mol. The van der Waals surface area contributed by atoms with E-state index in [9.17, 15) is 13.2 Å². The lowest BCUT2D eigenvalue weighted by atomic mass is 10.2. The van der Waals surface area contributed by atoms with Gasteiger partial charge in [-0.1, -0.05) is 18.2 Å². The van der Waals surface area contributed by atoms with E-state index < -0.39 is 22.7 Å². The minimum atomic E-state index is -3.61. The van der Waals surface area contributed by atoms with Crippen LogP contribution in [0.4, 0.5) is 0 Å². The van der Waals surface area contributed by atoms with Gasteiger partial charge in [-0.15, -0.1) is 0 Å². The highest BCUT2D eigenvalue weighted by molar-refractivity contribution is 7.87. The van der Waals surface area contributed by atoms with Crippen LogP contribution in [-0.4, -0.2) is 39.3 Å². The number of nitrogens with zero attached hydrogens (tertiary/aromatic N) is 1. The summed E-state index contributed by atoms with van der Waals surface area (Å²) in [7, 11) is -0.873. The maximum atomic E-state index is 11.5. The number of esters is 1. The smallest absolute Gasteiger partial charge is 0.326 e. The van der Waals surface area contributed by atoms with Gasteiger partial charge in [0.05, 0.1) is 0 Å². The van der Waals surface area contributed by atoms with E-state index in [1.165, 1.54) is 14.1 Å². The molecule has 0 aliphatic heterocycles. The van der Waals surface area contributed by atoms with Crippen LogP contribution >= 0.6 is 0 Å². The SMILES string of the molecule is Cc1ccccc1OC(=O)CNS(=O)(=O)N(C)C. The Hall–Kier alpha value is -1.44. The van der Waals surface area contributed by atoms with E-state index in [0.717, 1.165) is 9.87 Å². The molecule has 1 N–H and O–H groups in total. The van der Waals surface area contributed by atoms with Crippen molar-refractivity contribution in [3.63, 3.8) is 0 Å². The molecule has 0 saturated heterocycles. The van der Waals surface area contributed by atoms with Crippen LogP contribution in [0, 0.1) is 6.92 Å². The Bertz CT molecular complexity index is 526. The van der Waals surface area contributed by atoms with Crippen LogP contribution in [-0.2, 0) is 15.0 Å². The van der Waals surface area contributed by atoms with Crippen LogP contribution in [0.1, 0.15) is 5.56 Å².